The fourth-order valence-corrected chi connectivity index (χ4v) is 1.24. The van der Waals surface area contributed by atoms with Crippen molar-refractivity contribution in [3.05, 3.63) is 34.6 Å². The van der Waals surface area contributed by atoms with Gasteiger partial charge in [-0.3, -0.25) is 0 Å². The van der Waals surface area contributed by atoms with Crippen molar-refractivity contribution in [3.63, 3.8) is 0 Å². The zero-order valence-electron chi connectivity index (χ0n) is 5.93. The normalized spacial score (nSPS) is 12.6. The van der Waals surface area contributed by atoms with Gasteiger partial charge >= 0.3 is 0 Å². The van der Waals surface area contributed by atoms with Gasteiger partial charge in [-0.15, -0.1) is 0 Å². The van der Waals surface area contributed by atoms with Crippen molar-refractivity contribution in [2.75, 3.05) is 0 Å². The molecule has 1 atom stereocenters. The van der Waals surface area contributed by atoms with Crippen LogP contribution in [0.4, 0.5) is 4.39 Å². The maximum absolute atomic E-state index is 12.6. The number of hydrogen-bond donors (Lipinski definition) is 0. The average Bonchev–Trinajstić information content (AvgIpc) is 2.08. The van der Waals surface area contributed by atoms with E-state index in [0.29, 0.717) is 11.8 Å². The SMILES string of the molecule is O=CC(Br)c1ccc(F)c(Cl)c1. The molecule has 0 fully saturated rings. The van der Waals surface area contributed by atoms with Gasteiger partial charge in [0.1, 0.15) is 12.1 Å². The molecule has 0 bridgehead atoms. The number of carbonyl (C=O) groups is 1. The molecular formula is C8H5BrClFO. The molecule has 0 aliphatic rings. The Bertz CT molecular complexity index is 303. The molecule has 0 aliphatic carbocycles. The summed E-state index contributed by atoms with van der Waals surface area (Å²) in [5.41, 5.74) is 0.649. The second-order valence-corrected chi connectivity index (χ2v) is 3.61. The zero-order chi connectivity index (χ0) is 9.14. The topological polar surface area (TPSA) is 17.1 Å². The minimum Gasteiger partial charge on any atom is -0.302 e. The van der Waals surface area contributed by atoms with Gasteiger partial charge in [0.2, 0.25) is 0 Å². The van der Waals surface area contributed by atoms with Gasteiger partial charge in [-0.25, -0.2) is 4.39 Å². The molecule has 0 saturated heterocycles. The lowest BCUT2D eigenvalue weighted by molar-refractivity contribution is -0.107. The minimum absolute atomic E-state index is 0.0267. The second kappa shape index (κ2) is 4.01. The summed E-state index contributed by atoms with van der Waals surface area (Å²) in [4.78, 5) is 9.90. The molecule has 0 saturated carbocycles. The van der Waals surface area contributed by atoms with Crippen LogP contribution in [0.2, 0.25) is 5.02 Å². The van der Waals surface area contributed by atoms with Crippen LogP contribution in [0.1, 0.15) is 10.4 Å². The van der Waals surface area contributed by atoms with Crippen LogP contribution in [0.5, 0.6) is 0 Å². The summed E-state index contributed by atoms with van der Waals surface area (Å²) in [6.07, 6.45) is 0.712. The van der Waals surface area contributed by atoms with Crippen LogP contribution in [0.25, 0.3) is 0 Å². The third-order valence-electron chi connectivity index (χ3n) is 1.38. The molecule has 0 aliphatic heterocycles. The van der Waals surface area contributed by atoms with Crippen molar-refractivity contribution in [2.24, 2.45) is 0 Å². The van der Waals surface area contributed by atoms with E-state index < -0.39 is 10.6 Å². The average molecular weight is 251 g/mol. The summed E-state index contributed by atoms with van der Waals surface area (Å²) in [5.74, 6) is -0.481. The highest BCUT2D eigenvalue weighted by molar-refractivity contribution is 9.09. The van der Waals surface area contributed by atoms with Crippen LogP contribution in [0.15, 0.2) is 18.2 Å². The van der Waals surface area contributed by atoms with Gasteiger partial charge in [0.25, 0.3) is 0 Å². The Labute approximate surface area is 82.7 Å². The van der Waals surface area contributed by atoms with Gasteiger partial charge in [-0.2, -0.15) is 0 Å². The third kappa shape index (κ3) is 2.05. The van der Waals surface area contributed by atoms with Crippen molar-refractivity contribution in [3.8, 4) is 0 Å². The van der Waals surface area contributed by atoms with E-state index in [0.717, 1.165) is 0 Å². The Morgan fingerprint density at radius 1 is 1.58 bits per heavy atom. The van der Waals surface area contributed by atoms with Gasteiger partial charge < -0.3 is 4.79 Å². The van der Waals surface area contributed by atoms with Crippen molar-refractivity contribution < 1.29 is 9.18 Å². The van der Waals surface area contributed by atoms with Crippen LogP contribution < -0.4 is 0 Å². The van der Waals surface area contributed by atoms with Crippen LogP contribution in [-0.4, -0.2) is 6.29 Å². The van der Waals surface area contributed by atoms with E-state index in [1.807, 2.05) is 0 Å². The largest absolute Gasteiger partial charge is 0.302 e. The van der Waals surface area contributed by atoms with Gasteiger partial charge in [-0.1, -0.05) is 33.6 Å². The van der Waals surface area contributed by atoms with E-state index in [2.05, 4.69) is 15.9 Å². The molecule has 0 spiro atoms. The minimum atomic E-state index is -0.481. The van der Waals surface area contributed by atoms with Crippen molar-refractivity contribution >= 4 is 33.8 Å². The number of halogens is 3. The number of carbonyl (C=O) groups excluding carboxylic acids is 1. The number of hydrogen-bond acceptors (Lipinski definition) is 1. The van der Waals surface area contributed by atoms with E-state index >= 15 is 0 Å². The molecule has 1 unspecified atom stereocenters. The molecule has 12 heavy (non-hydrogen) atoms. The van der Waals surface area contributed by atoms with E-state index in [-0.39, 0.29) is 5.02 Å². The number of aldehydes is 1. The van der Waals surface area contributed by atoms with Gasteiger partial charge in [0.05, 0.1) is 9.85 Å². The fourth-order valence-electron chi connectivity index (χ4n) is 0.762. The lowest BCUT2D eigenvalue weighted by Crippen LogP contribution is -1.91. The van der Waals surface area contributed by atoms with Crippen LogP contribution in [-0.2, 0) is 4.79 Å². The molecule has 0 radical (unpaired) electrons. The fraction of sp³-hybridized carbons (Fsp3) is 0.125. The number of benzene rings is 1. The van der Waals surface area contributed by atoms with Crippen molar-refractivity contribution in [2.45, 2.75) is 4.83 Å². The molecule has 1 aromatic carbocycles. The molecule has 1 nitrogen and oxygen atoms in total. The van der Waals surface area contributed by atoms with Crippen LogP contribution in [0.3, 0.4) is 0 Å². The maximum Gasteiger partial charge on any atom is 0.141 e. The maximum atomic E-state index is 12.6. The molecule has 1 rings (SSSR count). The van der Waals surface area contributed by atoms with Gasteiger partial charge in [0, 0.05) is 0 Å². The molecule has 0 N–H and O–H groups in total. The first-order chi connectivity index (χ1) is 5.65. The zero-order valence-corrected chi connectivity index (χ0v) is 8.27. The van der Waals surface area contributed by atoms with Crippen molar-refractivity contribution in [1.29, 1.82) is 0 Å². The van der Waals surface area contributed by atoms with E-state index in [9.17, 15) is 9.18 Å². The summed E-state index contributed by atoms with van der Waals surface area (Å²) < 4.78 is 12.6. The Kier molecular flexibility index (Phi) is 3.23. The first-order valence-corrected chi connectivity index (χ1v) is 4.49. The molecule has 4 heteroatoms. The molecule has 0 heterocycles. The highest BCUT2D eigenvalue weighted by atomic mass is 79.9. The van der Waals surface area contributed by atoms with E-state index in [1.54, 1.807) is 0 Å². The van der Waals surface area contributed by atoms with Gasteiger partial charge in [0.15, 0.2) is 0 Å². The summed E-state index contributed by atoms with van der Waals surface area (Å²) in [6.45, 7) is 0. The second-order valence-electron chi connectivity index (χ2n) is 2.21. The Hall–Kier alpha value is -0.410. The van der Waals surface area contributed by atoms with Crippen LogP contribution >= 0.6 is 27.5 Å². The molecule has 64 valence electrons. The molecule has 0 amide bonds. The predicted molar refractivity (Wildman–Crippen MR) is 49.1 cm³/mol. The monoisotopic (exact) mass is 250 g/mol. The Morgan fingerprint density at radius 2 is 2.25 bits per heavy atom. The lowest BCUT2D eigenvalue weighted by atomic mass is 10.2. The molecule has 0 aromatic heterocycles. The number of alkyl halides is 1. The first kappa shape index (κ1) is 9.68. The number of rotatable bonds is 2. The van der Waals surface area contributed by atoms with Crippen molar-refractivity contribution in [1.82, 2.24) is 0 Å². The Morgan fingerprint density at radius 3 is 2.75 bits per heavy atom. The Balaban J connectivity index is 3.04. The van der Waals surface area contributed by atoms with Crippen LogP contribution in [0, 0.1) is 5.82 Å². The summed E-state index contributed by atoms with van der Waals surface area (Å²) >= 11 is 8.60. The molecular weight excluding hydrogens is 246 g/mol. The van der Waals surface area contributed by atoms with E-state index in [4.69, 9.17) is 11.6 Å². The molecule has 1 aromatic rings. The van der Waals surface area contributed by atoms with Gasteiger partial charge in [-0.05, 0) is 17.7 Å². The summed E-state index contributed by atoms with van der Waals surface area (Å²) in [7, 11) is 0. The quantitative estimate of drug-likeness (QED) is 0.583. The summed E-state index contributed by atoms with van der Waals surface area (Å²) in [6, 6.07) is 4.16. The predicted octanol–water partition coefficient (Wildman–Crippen LogP) is 3.11. The van der Waals surface area contributed by atoms with E-state index in [1.165, 1.54) is 18.2 Å². The summed E-state index contributed by atoms with van der Waals surface area (Å²) in [5, 5.41) is 0.0267. The third-order valence-corrected chi connectivity index (χ3v) is 2.42. The lowest BCUT2D eigenvalue weighted by Gasteiger charge is -2.02. The standard InChI is InChI=1S/C8H5BrClFO/c9-6(4-12)5-1-2-8(11)7(10)3-5/h1-4,6H. The highest BCUT2D eigenvalue weighted by Crippen LogP contribution is 2.24. The smallest absolute Gasteiger partial charge is 0.141 e. The first-order valence-electron chi connectivity index (χ1n) is 3.19. The highest BCUT2D eigenvalue weighted by Gasteiger charge is 2.07.